The summed E-state index contributed by atoms with van der Waals surface area (Å²) >= 11 is 1.97. The van der Waals surface area contributed by atoms with Crippen molar-refractivity contribution in [3.63, 3.8) is 0 Å². The first-order chi connectivity index (χ1) is 17.9. The van der Waals surface area contributed by atoms with Gasteiger partial charge >= 0.3 is 0 Å². The molecule has 0 radical (unpaired) electrons. The van der Waals surface area contributed by atoms with Crippen molar-refractivity contribution in [3.05, 3.63) is 103 Å². The summed E-state index contributed by atoms with van der Waals surface area (Å²) in [6, 6.07) is 38.4. The summed E-state index contributed by atoms with van der Waals surface area (Å²) in [6.45, 7) is 0.230. The quantitative estimate of drug-likeness (QED) is 0.231. The highest BCUT2D eigenvalue weighted by molar-refractivity contribution is 7.33. The summed E-state index contributed by atoms with van der Waals surface area (Å²) in [6.07, 6.45) is 0. The van der Waals surface area contributed by atoms with E-state index in [1.165, 1.54) is 80.8 Å². The number of hydrogen-bond donors (Lipinski definition) is 0. The van der Waals surface area contributed by atoms with Crippen LogP contribution in [0.5, 0.6) is 0 Å². The molecule has 4 heteroatoms. The predicted molar refractivity (Wildman–Crippen MR) is 155 cm³/mol. The zero-order valence-corrected chi connectivity index (χ0v) is 20.0. The van der Waals surface area contributed by atoms with E-state index in [0.29, 0.717) is 0 Å². The molecule has 0 amide bonds. The predicted octanol–water partition coefficient (Wildman–Crippen LogP) is 6.24. The van der Waals surface area contributed by atoms with Crippen LogP contribution in [0.1, 0.15) is 0 Å². The van der Waals surface area contributed by atoms with Crippen molar-refractivity contribution in [3.8, 4) is 11.4 Å². The maximum absolute atomic E-state index is 2.58. The molecule has 0 fully saturated rings. The summed E-state index contributed by atoms with van der Waals surface area (Å²) < 4.78 is 7.94. The van der Waals surface area contributed by atoms with Crippen molar-refractivity contribution in [1.29, 1.82) is 0 Å². The number of aromatic nitrogens is 2. The average Bonchev–Trinajstić information content (AvgIpc) is 3.58. The van der Waals surface area contributed by atoms with Gasteiger partial charge in [0, 0.05) is 42.1 Å². The van der Waals surface area contributed by atoms with E-state index >= 15 is 0 Å². The minimum absolute atomic E-state index is 0.230. The van der Waals surface area contributed by atoms with E-state index in [9.17, 15) is 0 Å². The van der Waals surface area contributed by atoms with E-state index in [1.54, 1.807) is 0 Å². The van der Waals surface area contributed by atoms with E-state index in [2.05, 4.69) is 112 Å². The van der Waals surface area contributed by atoms with Gasteiger partial charge in [0.1, 0.15) is 0 Å². The third-order valence-corrected chi connectivity index (χ3v) is 9.71. The summed E-state index contributed by atoms with van der Waals surface area (Å²) in [5.74, 6) is 0. The average molecular weight is 472 g/mol. The van der Waals surface area contributed by atoms with Gasteiger partial charge in [0.25, 0.3) is 6.71 Å². The molecule has 10 rings (SSSR count). The van der Waals surface area contributed by atoms with Gasteiger partial charge in [0.15, 0.2) is 0 Å². The molecular weight excluding hydrogens is 455 g/mol. The van der Waals surface area contributed by atoms with Gasteiger partial charge in [-0.2, -0.15) is 0 Å². The maximum Gasteiger partial charge on any atom is 0.264 e. The highest BCUT2D eigenvalue weighted by Crippen LogP contribution is 2.43. The van der Waals surface area contributed by atoms with Crippen LogP contribution < -0.4 is 15.7 Å². The lowest BCUT2D eigenvalue weighted by Crippen LogP contribution is -2.58. The van der Waals surface area contributed by atoms with E-state index in [-0.39, 0.29) is 6.71 Å². The Bertz CT molecular complexity index is 2280. The molecule has 36 heavy (non-hydrogen) atoms. The van der Waals surface area contributed by atoms with Crippen LogP contribution in [0.3, 0.4) is 0 Å². The van der Waals surface area contributed by atoms with E-state index in [1.807, 2.05) is 11.3 Å². The Kier molecular flexibility index (Phi) is 2.97. The fourth-order valence-corrected chi connectivity index (χ4v) is 8.52. The third-order valence-electron chi connectivity index (χ3n) is 8.49. The molecule has 5 heterocycles. The molecule has 2 nitrogen and oxygen atoms in total. The van der Waals surface area contributed by atoms with Crippen molar-refractivity contribution < 1.29 is 0 Å². The number of hydrogen-bond acceptors (Lipinski definition) is 1. The first-order valence-electron chi connectivity index (χ1n) is 12.5. The molecular formula is C32H17BN2S. The van der Waals surface area contributed by atoms with Crippen LogP contribution in [-0.4, -0.2) is 15.8 Å². The summed E-state index contributed by atoms with van der Waals surface area (Å²) in [5.41, 5.74) is 10.9. The molecule has 8 aromatic rings. The van der Waals surface area contributed by atoms with Gasteiger partial charge in [-0.1, -0.05) is 72.8 Å². The topological polar surface area (TPSA) is 9.86 Å². The lowest BCUT2D eigenvalue weighted by molar-refractivity contribution is 1.18. The fraction of sp³-hybridized carbons (Fsp3) is 0. The van der Waals surface area contributed by atoms with Gasteiger partial charge in [-0.25, -0.2) is 0 Å². The number of nitrogens with zero attached hydrogens (tertiary/aromatic N) is 2. The minimum atomic E-state index is 0.230. The molecule has 2 aliphatic heterocycles. The third kappa shape index (κ3) is 1.83. The van der Waals surface area contributed by atoms with Crippen molar-refractivity contribution in [1.82, 2.24) is 9.13 Å². The zero-order chi connectivity index (χ0) is 23.1. The van der Waals surface area contributed by atoms with Crippen molar-refractivity contribution in [2.75, 3.05) is 0 Å². The second kappa shape index (κ2) is 5.92. The number of para-hydroxylation sites is 3. The molecule has 0 atom stereocenters. The number of fused-ring (bicyclic) bond motifs is 14. The summed E-state index contributed by atoms with van der Waals surface area (Å²) in [5, 5.41) is 6.75. The van der Waals surface area contributed by atoms with Gasteiger partial charge < -0.3 is 9.13 Å². The Morgan fingerprint density at radius 2 is 1.17 bits per heavy atom. The second-order valence-corrected chi connectivity index (χ2v) is 11.2. The molecule has 0 spiro atoms. The molecule has 0 saturated heterocycles. The smallest absolute Gasteiger partial charge is 0.264 e. The number of benzene rings is 5. The van der Waals surface area contributed by atoms with E-state index in [4.69, 9.17) is 0 Å². The van der Waals surface area contributed by atoms with Crippen molar-refractivity contribution in [2.45, 2.75) is 0 Å². The van der Waals surface area contributed by atoms with Crippen LogP contribution in [0.4, 0.5) is 0 Å². The zero-order valence-electron chi connectivity index (χ0n) is 19.2. The van der Waals surface area contributed by atoms with Gasteiger partial charge in [0.05, 0.1) is 27.8 Å². The lowest BCUT2D eigenvalue weighted by atomic mass is 9.37. The first kappa shape index (κ1) is 18.1. The highest BCUT2D eigenvalue weighted by Gasteiger charge is 2.42. The maximum atomic E-state index is 2.58. The van der Waals surface area contributed by atoms with E-state index in [0.717, 1.165) is 0 Å². The Hall–Kier alpha value is -4.28. The molecule has 164 valence electrons. The minimum Gasteiger partial charge on any atom is -0.310 e. The fourth-order valence-electron chi connectivity index (χ4n) is 7.21. The number of thiophene rings is 1. The van der Waals surface area contributed by atoms with Crippen LogP contribution in [0.15, 0.2) is 103 Å². The SMILES string of the molecule is c1ccc2c(c1)B1c3sc4ccccc4c3-n3c4ccccc4c4cc5c6ccccc6n-2c5c1c43. The normalized spacial score (nSPS) is 13.5. The molecule has 0 saturated carbocycles. The molecule has 2 aliphatic rings. The van der Waals surface area contributed by atoms with Crippen LogP contribution in [-0.2, 0) is 0 Å². The van der Waals surface area contributed by atoms with Crippen LogP contribution in [0.25, 0.3) is 65.1 Å². The van der Waals surface area contributed by atoms with Crippen LogP contribution in [0.2, 0.25) is 0 Å². The Labute approximate surface area is 210 Å². The molecule has 5 aromatic carbocycles. The highest BCUT2D eigenvalue weighted by atomic mass is 32.1. The Balaban J connectivity index is 1.60. The van der Waals surface area contributed by atoms with Crippen LogP contribution >= 0.6 is 11.3 Å². The van der Waals surface area contributed by atoms with Crippen molar-refractivity contribution >= 4 is 87.4 Å². The summed E-state index contributed by atoms with van der Waals surface area (Å²) in [7, 11) is 0. The summed E-state index contributed by atoms with van der Waals surface area (Å²) in [4.78, 5) is 0. The second-order valence-electron chi connectivity index (χ2n) is 10.1. The first-order valence-corrected chi connectivity index (χ1v) is 13.3. The van der Waals surface area contributed by atoms with Crippen LogP contribution in [0, 0.1) is 0 Å². The van der Waals surface area contributed by atoms with Gasteiger partial charge in [0.2, 0.25) is 0 Å². The lowest BCUT2D eigenvalue weighted by Gasteiger charge is -2.31. The molecule has 0 N–H and O–H groups in total. The molecule has 3 aromatic heterocycles. The number of rotatable bonds is 0. The van der Waals surface area contributed by atoms with Gasteiger partial charge in [-0.3, -0.25) is 0 Å². The standard InChI is InChI=1S/C32H17BN2S/c1-5-13-24-18(9-1)21-17-22-19-10-2-6-14-25(19)35-30(22)28-29(21)34(24)26-15-7-4-12-23(26)33(28)32-31(35)20-11-3-8-16-27(20)36-32/h1-17H. The molecule has 0 unspecified atom stereocenters. The Morgan fingerprint density at radius 3 is 1.97 bits per heavy atom. The monoisotopic (exact) mass is 472 g/mol. The largest absolute Gasteiger partial charge is 0.310 e. The molecule has 0 aliphatic carbocycles. The van der Waals surface area contributed by atoms with E-state index < -0.39 is 0 Å². The van der Waals surface area contributed by atoms with Gasteiger partial charge in [-0.05, 0) is 41.3 Å². The van der Waals surface area contributed by atoms with Gasteiger partial charge in [-0.15, -0.1) is 11.3 Å². The van der Waals surface area contributed by atoms with Crippen molar-refractivity contribution in [2.24, 2.45) is 0 Å². The molecule has 0 bridgehead atoms. The Morgan fingerprint density at radius 1 is 0.556 bits per heavy atom.